The highest BCUT2D eigenvalue weighted by Crippen LogP contribution is 2.26. The van der Waals surface area contributed by atoms with Crippen molar-refractivity contribution >= 4 is 17.3 Å². The normalized spacial score (nSPS) is 11.1. The molecule has 0 unspecified atom stereocenters. The summed E-state index contributed by atoms with van der Waals surface area (Å²) in [6.45, 7) is 4.29. The van der Waals surface area contributed by atoms with Crippen LogP contribution in [-0.4, -0.2) is 16.2 Å². The number of hydrogen-bond acceptors (Lipinski definition) is 5. The minimum Gasteiger partial charge on any atom is -0.423 e. The molecular weight excluding hydrogens is 320 g/mol. The van der Waals surface area contributed by atoms with Gasteiger partial charge in [-0.15, -0.1) is 10.2 Å². The Kier molecular flexibility index (Phi) is 7.62. The molecule has 0 aliphatic heterocycles. The van der Waals surface area contributed by atoms with E-state index >= 15 is 0 Å². The summed E-state index contributed by atoms with van der Waals surface area (Å²) in [5.74, 6) is 0.209. The van der Waals surface area contributed by atoms with Crippen LogP contribution >= 0.6 is 11.3 Å². The van der Waals surface area contributed by atoms with Gasteiger partial charge < -0.3 is 4.74 Å². The third kappa shape index (κ3) is 5.89. The van der Waals surface area contributed by atoms with Gasteiger partial charge in [0.2, 0.25) is 0 Å². The van der Waals surface area contributed by atoms with E-state index < -0.39 is 0 Å². The van der Waals surface area contributed by atoms with Gasteiger partial charge in [-0.25, -0.2) is 4.79 Å². The second-order valence-electron chi connectivity index (χ2n) is 5.59. The maximum atomic E-state index is 11.7. The molecule has 0 N–H and O–H groups in total. The number of nitrogens with zero attached hydrogens (tertiary/aromatic N) is 2. The van der Waals surface area contributed by atoms with E-state index in [4.69, 9.17) is 4.74 Å². The molecule has 0 amide bonds. The van der Waals surface area contributed by atoms with Crippen molar-refractivity contribution < 1.29 is 9.53 Å². The van der Waals surface area contributed by atoms with Crippen LogP contribution in [0.15, 0.2) is 36.4 Å². The smallest absolute Gasteiger partial charge is 0.335 e. The lowest BCUT2D eigenvalue weighted by Crippen LogP contribution is -2.03. The molecule has 5 heteroatoms. The number of hydrogen-bond donors (Lipinski definition) is 0. The number of aryl methyl sites for hydroxylation is 1. The third-order valence-electron chi connectivity index (χ3n) is 3.48. The first-order chi connectivity index (χ1) is 11.7. The standard InChI is InChI=1S/C19H24N2O2S/c1-3-5-6-7-8-10-18(22)23-16-13-11-15(12-14-16)19-21-20-17(24-19)9-4-2/h8,10-14H,3-7,9H2,1-2H3. The molecule has 0 spiro atoms. The number of allylic oxidation sites excluding steroid dienone is 1. The number of aromatic nitrogens is 2. The number of carbonyl (C=O) groups excluding carboxylic acids is 1. The van der Waals surface area contributed by atoms with E-state index in [1.807, 2.05) is 18.2 Å². The lowest BCUT2D eigenvalue weighted by Gasteiger charge is -2.02. The highest BCUT2D eigenvalue weighted by molar-refractivity contribution is 7.14. The lowest BCUT2D eigenvalue weighted by molar-refractivity contribution is -0.129. The SMILES string of the molecule is CCCCCC=CC(=O)Oc1ccc(-c2nnc(CCC)s2)cc1. The number of rotatable bonds is 9. The molecule has 0 radical (unpaired) electrons. The van der Waals surface area contributed by atoms with Crippen LogP contribution in [0.25, 0.3) is 10.6 Å². The van der Waals surface area contributed by atoms with E-state index in [0.29, 0.717) is 5.75 Å². The van der Waals surface area contributed by atoms with E-state index in [-0.39, 0.29) is 5.97 Å². The zero-order chi connectivity index (χ0) is 17.2. The fourth-order valence-corrected chi connectivity index (χ4v) is 3.14. The van der Waals surface area contributed by atoms with Crippen molar-refractivity contribution in [1.29, 1.82) is 0 Å². The average molecular weight is 344 g/mol. The summed E-state index contributed by atoms with van der Waals surface area (Å²) in [6.07, 6.45) is 9.79. The van der Waals surface area contributed by atoms with Gasteiger partial charge in [0.1, 0.15) is 15.8 Å². The van der Waals surface area contributed by atoms with E-state index in [1.54, 1.807) is 23.5 Å². The molecule has 0 bridgehead atoms. The number of unbranched alkanes of at least 4 members (excludes halogenated alkanes) is 3. The number of esters is 1. The summed E-state index contributed by atoms with van der Waals surface area (Å²) < 4.78 is 5.30. The fourth-order valence-electron chi connectivity index (χ4n) is 2.19. The third-order valence-corrected chi connectivity index (χ3v) is 4.51. The first kappa shape index (κ1) is 18.3. The van der Waals surface area contributed by atoms with Crippen LogP contribution in [0, 0.1) is 0 Å². The molecule has 2 aromatic rings. The Morgan fingerprint density at radius 2 is 1.92 bits per heavy atom. The largest absolute Gasteiger partial charge is 0.423 e. The van der Waals surface area contributed by atoms with Crippen LogP contribution in [0.2, 0.25) is 0 Å². The predicted octanol–water partition coefficient (Wildman–Crippen LogP) is 5.20. The van der Waals surface area contributed by atoms with Crippen LogP contribution in [0.4, 0.5) is 0 Å². The molecule has 0 aliphatic rings. The van der Waals surface area contributed by atoms with Crippen molar-refractivity contribution in [2.24, 2.45) is 0 Å². The van der Waals surface area contributed by atoms with Gasteiger partial charge in [-0.05, 0) is 43.5 Å². The predicted molar refractivity (Wildman–Crippen MR) is 98.3 cm³/mol. The maximum Gasteiger partial charge on any atom is 0.335 e. The monoisotopic (exact) mass is 344 g/mol. The van der Waals surface area contributed by atoms with Crippen LogP contribution in [0.3, 0.4) is 0 Å². The Labute approximate surface area is 147 Å². The van der Waals surface area contributed by atoms with Gasteiger partial charge in [-0.3, -0.25) is 0 Å². The lowest BCUT2D eigenvalue weighted by atomic mass is 10.2. The molecule has 1 aromatic heterocycles. The molecule has 4 nitrogen and oxygen atoms in total. The fraction of sp³-hybridized carbons (Fsp3) is 0.421. The van der Waals surface area contributed by atoms with Crippen molar-refractivity contribution in [2.45, 2.75) is 52.4 Å². The van der Waals surface area contributed by atoms with Gasteiger partial charge in [0.15, 0.2) is 0 Å². The zero-order valence-electron chi connectivity index (χ0n) is 14.3. The molecular formula is C19H24N2O2S. The molecule has 0 saturated heterocycles. The number of ether oxygens (including phenoxy) is 1. The van der Waals surface area contributed by atoms with Gasteiger partial charge >= 0.3 is 5.97 Å². The van der Waals surface area contributed by atoms with Crippen molar-refractivity contribution in [3.05, 3.63) is 41.4 Å². The first-order valence-corrected chi connectivity index (χ1v) is 9.35. The molecule has 0 aliphatic carbocycles. The van der Waals surface area contributed by atoms with Crippen molar-refractivity contribution in [2.75, 3.05) is 0 Å². The highest BCUT2D eigenvalue weighted by atomic mass is 32.1. The summed E-state index contributed by atoms with van der Waals surface area (Å²) in [6, 6.07) is 7.39. The molecule has 0 fully saturated rings. The van der Waals surface area contributed by atoms with E-state index in [2.05, 4.69) is 24.0 Å². The summed E-state index contributed by atoms with van der Waals surface area (Å²) in [4.78, 5) is 11.7. The average Bonchev–Trinajstić information content (AvgIpc) is 3.04. The van der Waals surface area contributed by atoms with Gasteiger partial charge in [-0.2, -0.15) is 0 Å². The molecule has 1 heterocycles. The topological polar surface area (TPSA) is 52.1 Å². The Balaban J connectivity index is 1.88. The van der Waals surface area contributed by atoms with Gasteiger partial charge in [-0.1, -0.05) is 44.1 Å². The number of carbonyl (C=O) groups is 1. The molecule has 1 aromatic carbocycles. The maximum absolute atomic E-state index is 11.7. The van der Waals surface area contributed by atoms with E-state index in [0.717, 1.165) is 41.3 Å². The van der Waals surface area contributed by atoms with E-state index in [9.17, 15) is 4.79 Å². The summed E-state index contributed by atoms with van der Waals surface area (Å²) in [5.41, 5.74) is 0.991. The van der Waals surface area contributed by atoms with E-state index in [1.165, 1.54) is 18.9 Å². The Bertz CT molecular complexity index is 662. The van der Waals surface area contributed by atoms with Gasteiger partial charge in [0.05, 0.1) is 0 Å². The van der Waals surface area contributed by atoms with Crippen molar-refractivity contribution in [1.82, 2.24) is 10.2 Å². The minimum absolute atomic E-state index is 0.333. The summed E-state index contributed by atoms with van der Waals surface area (Å²) >= 11 is 1.61. The quantitative estimate of drug-likeness (QED) is 0.271. The van der Waals surface area contributed by atoms with Crippen molar-refractivity contribution in [3.8, 4) is 16.3 Å². The van der Waals surface area contributed by atoms with Crippen LogP contribution < -0.4 is 4.74 Å². The summed E-state index contributed by atoms with van der Waals surface area (Å²) in [7, 11) is 0. The summed E-state index contributed by atoms with van der Waals surface area (Å²) in [5, 5.41) is 10.3. The molecule has 0 saturated carbocycles. The van der Waals surface area contributed by atoms with Crippen LogP contribution in [0.1, 0.15) is 51.0 Å². The molecule has 128 valence electrons. The first-order valence-electron chi connectivity index (χ1n) is 8.54. The molecule has 2 rings (SSSR count). The number of benzene rings is 1. The Hall–Kier alpha value is -2.01. The minimum atomic E-state index is -0.333. The van der Waals surface area contributed by atoms with Crippen LogP contribution in [-0.2, 0) is 11.2 Å². The van der Waals surface area contributed by atoms with Gasteiger partial charge in [0, 0.05) is 18.1 Å². The second-order valence-corrected chi connectivity index (χ2v) is 6.66. The molecule has 0 atom stereocenters. The highest BCUT2D eigenvalue weighted by Gasteiger charge is 2.07. The van der Waals surface area contributed by atoms with Crippen LogP contribution in [0.5, 0.6) is 5.75 Å². The van der Waals surface area contributed by atoms with Gasteiger partial charge in [0.25, 0.3) is 0 Å². The Morgan fingerprint density at radius 3 is 2.62 bits per heavy atom. The second kappa shape index (κ2) is 9.98. The molecule has 24 heavy (non-hydrogen) atoms. The Morgan fingerprint density at radius 1 is 1.12 bits per heavy atom. The zero-order valence-corrected chi connectivity index (χ0v) is 15.1. The van der Waals surface area contributed by atoms with Crippen molar-refractivity contribution in [3.63, 3.8) is 0 Å².